The van der Waals surface area contributed by atoms with Crippen molar-refractivity contribution in [2.75, 3.05) is 26.2 Å². The lowest BCUT2D eigenvalue weighted by atomic mass is 9.84. The van der Waals surface area contributed by atoms with E-state index in [2.05, 4.69) is 68.8 Å². The fourth-order valence-corrected chi connectivity index (χ4v) is 11.6. The number of unbranched alkanes of at least 4 members (excludes halogenated alkanes) is 1. The molecule has 0 spiro atoms. The highest BCUT2D eigenvalue weighted by molar-refractivity contribution is 6.00. The van der Waals surface area contributed by atoms with Gasteiger partial charge in [0.1, 0.15) is 66.5 Å². The number of carboxylic acids is 1. The van der Waals surface area contributed by atoms with E-state index in [9.17, 15) is 81.8 Å². The van der Waals surface area contributed by atoms with Crippen LogP contribution in [-0.2, 0) is 83.1 Å². The summed E-state index contributed by atoms with van der Waals surface area (Å²) in [4.78, 5) is 220. The van der Waals surface area contributed by atoms with E-state index in [0.29, 0.717) is 12.0 Å². The number of nitrogens with two attached hydrogens (primary N) is 7. The molecule has 0 aromatic heterocycles. The Hall–Kier alpha value is -10.1. The molecule has 12 atom stereocenters. The quantitative estimate of drug-likeness (QED) is 0.0166. The van der Waals surface area contributed by atoms with Crippen molar-refractivity contribution in [2.45, 2.75) is 243 Å². The summed E-state index contributed by atoms with van der Waals surface area (Å²) >= 11 is 0. The van der Waals surface area contributed by atoms with Crippen LogP contribution in [0.5, 0.6) is 0 Å². The van der Waals surface area contributed by atoms with Crippen LogP contribution < -0.4 is 104 Å². The number of nitrogens with one attached hydrogen (secondary N) is 12. The van der Waals surface area contributed by atoms with Crippen molar-refractivity contribution >= 4 is 101 Å². The topological polar surface area (TPSA) is 632 Å². The van der Waals surface area contributed by atoms with Crippen LogP contribution in [0.25, 0.3) is 0 Å². The molecule has 0 radical (unpaired) electrons. The first-order valence-electron chi connectivity index (χ1n) is 36.2. The average Bonchev–Trinajstić information content (AvgIpc) is 0.846. The summed E-state index contributed by atoms with van der Waals surface area (Å²) in [6.07, 6.45) is 2.94. The predicted octanol–water partition coefficient (Wildman–Crippen LogP) is -4.56. The lowest BCUT2D eigenvalue weighted by Crippen LogP contribution is -2.61. The summed E-state index contributed by atoms with van der Waals surface area (Å²) in [5, 5.41) is 40.4. The maximum Gasteiger partial charge on any atom is 0.303 e. The van der Waals surface area contributed by atoms with Crippen molar-refractivity contribution in [3.63, 3.8) is 0 Å². The SMILES string of the molecule is CC[C@H](C)[C@H](NC(=O)[C@H](CCC(=O)O)NC(=O)[C@H](CCCCN)NC(=O)CNC(=O)[C@H](CC(N)=O)NC(=O)[C@@H](NC(=O)[C@H](CCCN)NC(=O)[C@@H](NC(=O)[C@H](Cc1ccccc1)NC(=O)[C@H](CCCN=C(N)N)NC(C)=O)C(C)C)C(C)C)C(=O)N[C@@H](CC1CCCCC1)C(=O)N[C@@H](CCC(N)=O)C(N)=O. The summed E-state index contributed by atoms with van der Waals surface area (Å²) in [6, 6.07) is -6.87. The van der Waals surface area contributed by atoms with E-state index in [-0.39, 0.29) is 102 Å². The maximum absolute atomic E-state index is 14.3. The first kappa shape index (κ1) is 92.0. The van der Waals surface area contributed by atoms with Crippen LogP contribution in [0.3, 0.4) is 0 Å². The minimum Gasteiger partial charge on any atom is -0.481 e. The molecule has 1 aromatic rings. The molecule has 27 N–H and O–H groups in total. The Kier molecular flexibility index (Phi) is 42.4. The molecule has 2 rings (SSSR count). The maximum atomic E-state index is 14.3. The molecule has 106 heavy (non-hydrogen) atoms. The van der Waals surface area contributed by atoms with E-state index in [1.165, 1.54) is 20.8 Å². The van der Waals surface area contributed by atoms with Gasteiger partial charge in [-0.1, -0.05) is 110 Å². The van der Waals surface area contributed by atoms with Gasteiger partial charge in [-0.2, -0.15) is 0 Å². The second-order valence-electron chi connectivity index (χ2n) is 27.4. The molecule has 1 aromatic carbocycles. The van der Waals surface area contributed by atoms with Crippen molar-refractivity contribution in [1.82, 2.24) is 63.8 Å². The number of aliphatic carboxylic acids is 1. The number of hydrogen-bond donors (Lipinski definition) is 20. The van der Waals surface area contributed by atoms with Crippen LogP contribution in [0.15, 0.2) is 35.3 Å². The number of carboxylic acid groups (broad SMARTS) is 1. The second kappa shape index (κ2) is 48.9. The summed E-state index contributed by atoms with van der Waals surface area (Å²) in [7, 11) is 0. The molecule has 0 bridgehead atoms. The third-order valence-electron chi connectivity index (χ3n) is 17.8. The van der Waals surface area contributed by atoms with Crippen LogP contribution in [-0.4, -0.2) is 198 Å². The van der Waals surface area contributed by atoms with Crippen molar-refractivity contribution in [3.05, 3.63) is 35.9 Å². The molecule has 15 amide bonds. The lowest BCUT2D eigenvalue weighted by molar-refractivity contribution is -0.139. The fourth-order valence-electron chi connectivity index (χ4n) is 11.6. The minimum atomic E-state index is -1.78. The smallest absolute Gasteiger partial charge is 0.303 e. The Bertz CT molecular complexity index is 3150. The third-order valence-corrected chi connectivity index (χ3v) is 17.8. The minimum absolute atomic E-state index is 0.0163. The largest absolute Gasteiger partial charge is 0.481 e. The Morgan fingerprint density at radius 3 is 1.44 bits per heavy atom. The molecular formula is C69H116N20O17. The number of amides is 15. The third kappa shape index (κ3) is 35.6. The summed E-state index contributed by atoms with van der Waals surface area (Å²) < 4.78 is 0. The molecule has 1 aliphatic carbocycles. The van der Waals surface area contributed by atoms with Crippen molar-refractivity contribution in [3.8, 4) is 0 Å². The number of guanidine groups is 1. The van der Waals surface area contributed by atoms with Crippen molar-refractivity contribution in [2.24, 2.45) is 68.8 Å². The number of nitrogens with zero attached hydrogens (tertiary/aromatic N) is 1. The van der Waals surface area contributed by atoms with Gasteiger partial charge >= 0.3 is 5.97 Å². The van der Waals surface area contributed by atoms with E-state index in [0.717, 1.165) is 32.1 Å². The molecule has 0 unspecified atom stereocenters. The Labute approximate surface area is 618 Å². The second-order valence-corrected chi connectivity index (χ2v) is 27.4. The average molecular weight is 1500 g/mol. The molecule has 594 valence electrons. The zero-order valence-electron chi connectivity index (χ0n) is 62.0. The van der Waals surface area contributed by atoms with Gasteiger partial charge in [0.15, 0.2) is 5.96 Å². The van der Waals surface area contributed by atoms with E-state index >= 15 is 0 Å². The van der Waals surface area contributed by atoms with Crippen LogP contribution in [0.2, 0.25) is 0 Å². The fraction of sp³-hybridized carbons (Fsp3) is 0.667. The zero-order chi connectivity index (χ0) is 79.8. The Morgan fingerprint density at radius 1 is 0.472 bits per heavy atom. The molecule has 0 saturated heterocycles. The summed E-state index contributed by atoms with van der Waals surface area (Å²) in [6.45, 7) is 10.3. The van der Waals surface area contributed by atoms with Crippen LogP contribution in [0.4, 0.5) is 0 Å². The normalized spacial score (nSPS) is 15.5. The van der Waals surface area contributed by atoms with Gasteiger partial charge in [0.05, 0.1) is 13.0 Å². The van der Waals surface area contributed by atoms with Gasteiger partial charge in [-0.25, -0.2) is 0 Å². The molecule has 1 fully saturated rings. The van der Waals surface area contributed by atoms with Crippen molar-refractivity contribution < 1.29 is 81.8 Å². The summed E-state index contributed by atoms with van der Waals surface area (Å²) in [5.74, 6) is -16.9. The van der Waals surface area contributed by atoms with E-state index < -0.39 is 205 Å². The van der Waals surface area contributed by atoms with Crippen molar-refractivity contribution in [1.29, 1.82) is 0 Å². The van der Waals surface area contributed by atoms with E-state index in [1.54, 1.807) is 58.0 Å². The van der Waals surface area contributed by atoms with Crippen LogP contribution >= 0.6 is 0 Å². The molecular weight excluding hydrogens is 1380 g/mol. The number of hydrogen-bond acceptors (Lipinski definition) is 19. The number of carbonyl (C=O) groups excluding carboxylic acids is 15. The Morgan fingerprint density at radius 2 is 0.925 bits per heavy atom. The number of rotatable bonds is 51. The zero-order valence-corrected chi connectivity index (χ0v) is 62.0. The Balaban J connectivity index is 2.38. The highest BCUT2D eigenvalue weighted by Gasteiger charge is 2.39. The summed E-state index contributed by atoms with van der Waals surface area (Å²) in [5.41, 5.74) is 39.5. The van der Waals surface area contributed by atoms with Gasteiger partial charge in [0, 0.05) is 32.7 Å². The molecule has 0 aliphatic heterocycles. The molecule has 0 heterocycles. The van der Waals surface area contributed by atoms with Gasteiger partial charge in [-0.15, -0.1) is 0 Å². The number of carbonyl (C=O) groups is 16. The predicted molar refractivity (Wildman–Crippen MR) is 390 cm³/mol. The van der Waals surface area contributed by atoms with Gasteiger partial charge < -0.3 is 109 Å². The standard InChI is InChI=1S/C69H116N20O17/c1-8-39(6)57(68(106)85-48(33-41-19-11-9-12-20-41)64(102)81-43(58(74)96)26-28-51(72)91)89-63(101)47(27-29-54(94)95)82-61(99)45(23-15-16-30-70)80-53(93)36-78-59(97)50(35-52(73)92)86-67(105)56(38(4)5)87-62(100)46(24-17-31-71)83-66(104)55(37(2)3)88-65(103)49(34-42-21-13-10-14-22-42)84-60(98)44(79-40(7)90)25-18-32-77-69(75)76/h10,13-14,21-22,37-39,41,43-50,55-57H,8-9,11-12,15-20,23-36,70-71H2,1-7H3,(H2,72,91)(H2,73,92)(H2,74,96)(H,78,97)(H,79,90)(H,80,93)(H,81,102)(H,82,99)(H,83,104)(H,84,98)(H,85,106)(H,86,105)(H,87,100)(H,88,103)(H,89,101)(H,94,95)(H4,75,76,77)/t39-,43-,44-,45-,46-,47-,48-,49-,50-,55-,56-,57-/m0/s1. The lowest BCUT2D eigenvalue weighted by Gasteiger charge is -2.31. The first-order valence-corrected chi connectivity index (χ1v) is 36.2. The molecule has 1 aliphatic rings. The van der Waals surface area contributed by atoms with Gasteiger partial charge in [-0.05, 0) is 107 Å². The highest BCUT2D eigenvalue weighted by Crippen LogP contribution is 2.28. The van der Waals surface area contributed by atoms with Crippen LogP contribution in [0.1, 0.15) is 176 Å². The van der Waals surface area contributed by atoms with E-state index in [1.807, 2.05) is 0 Å². The van der Waals surface area contributed by atoms with Crippen LogP contribution in [0, 0.1) is 23.7 Å². The monoisotopic (exact) mass is 1500 g/mol. The molecule has 1 saturated carbocycles. The first-order chi connectivity index (χ1) is 50.0. The number of aliphatic imine (C=N–C) groups is 1. The van der Waals surface area contributed by atoms with Gasteiger partial charge in [0.25, 0.3) is 0 Å². The van der Waals surface area contributed by atoms with E-state index in [4.69, 9.17) is 40.1 Å². The van der Waals surface area contributed by atoms with Gasteiger partial charge in [0.2, 0.25) is 88.6 Å². The number of primary amides is 3. The number of benzene rings is 1. The highest BCUT2D eigenvalue weighted by atomic mass is 16.4. The van der Waals surface area contributed by atoms with Gasteiger partial charge in [-0.3, -0.25) is 81.7 Å². The molecule has 37 nitrogen and oxygen atoms in total. The molecule has 37 heteroatoms.